The maximum absolute atomic E-state index is 12.2. The normalized spacial score (nSPS) is 22.5. The van der Waals surface area contributed by atoms with Crippen LogP contribution in [0.4, 0.5) is 0 Å². The van der Waals surface area contributed by atoms with Gasteiger partial charge in [-0.15, -0.1) is 12.6 Å². The zero-order valence-electron chi connectivity index (χ0n) is 10.9. The summed E-state index contributed by atoms with van der Waals surface area (Å²) in [4.78, 5) is 12.9. The maximum atomic E-state index is 12.2. The van der Waals surface area contributed by atoms with Crippen LogP contribution in [0.3, 0.4) is 0 Å². The molecule has 1 saturated carbocycles. The molecule has 0 spiro atoms. The van der Waals surface area contributed by atoms with Gasteiger partial charge in [-0.1, -0.05) is 22.9 Å². The van der Waals surface area contributed by atoms with E-state index in [2.05, 4.69) is 40.8 Å². The van der Waals surface area contributed by atoms with Gasteiger partial charge in [-0.3, -0.25) is 4.79 Å². The molecule has 0 radical (unpaired) electrons. The molecule has 0 bridgehead atoms. The standard InChI is InChI=1S/C14H18BrNOS2/c1-2-19-11-5-4-10(8-11)16-14(17)12-6-3-9(15)7-13(12)18/h3,6-7,10-11,18H,2,4-5,8H2,1H3,(H,16,17). The number of halogens is 1. The summed E-state index contributed by atoms with van der Waals surface area (Å²) in [5, 5.41) is 3.83. The second-order valence-electron chi connectivity index (χ2n) is 4.72. The highest BCUT2D eigenvalue weighted by Gasteiger charge is 2.26. The Morgan fingerprint density at radius 2 is 2.32 bits per heavy atom. The Morgan fingerprint density at radius 3 is 3.00 bits per heavy atom. The van der Waals surface area contributed by atoms with E-state index in [1.807, 2.05) is 30.0 Å². The van der Waals surface area contributed by atoms with Crippen molar-refractivity contribution in [3.05, 3.63) is 28.2 Å². The molecule has 0 aliphatic heterocycles. The predicted molar refractivity (Wildman–Crippen MR) is 88.4 cm³/mol. The van der Waals surface area contributed by atoms with Crippen LogP contribution in [0.5, 0.6) is 0 Å². The molecule has 2 atom stereocenters. The molecule has 1 aromatic rings. The number of carbonyl (C=O) groups is 1. The molecule has 2 rings (SSSR count). The molecule has 2 unspecified atom stereocenters. The van der Waals surface area contributed by atoms with Crippen molar-refractivity contribution in [3.8, 4) is 0 Å². The van der Waals surface area contributed by atoms with Gasteiger partial charge in [0.25, 0.3) is 5.91 Å². The first kappa shape index (κ1) is 15.3. The van der Waals surface area contributed by atoms with E-state index in [-0.39, 0.29) is 5.91 Å². The smallest absolute Gasteiger partial charge is 0.252 e. The monoisotopic (exact) mass is 359 g/mol. The molecule has 0 heterocycles. The lowest BCUT2D eigenvalue weighted by atomic mass is 10.2. The molecular formula is C14H18BrNOS2. The number of thiol groups is 1. The van der Waals surface area contributed by atoms with Crippen LogP contribution in [-0.4, -0.2) is 23.0 Å². The van der Waals surface area contributed by atoms with E-state index >= 15 is 0 Å². The zero-order chi connectivity index (χ0) is 13.8. The van der Waals surface area contributed by atoms with Gasteiger partial charge in [0, 0.05) is 20.7 Å². The number of benzene rings is 1. The summed E-state index contributed by atoms with van der Waals surface area (Å²) in [6, 6.07) is 5.85. The van der Waals surface area contributed by atoms with Crippen LogP contribution in [-0.2, 0) is 0 Å². The molecule has 0 saturated heterocycles. The average molecular weight is 360 g/mol. The summed E-state index contributed by atoms with van der Waals surface area (Å²) < 4.78 is 0.939. The Kier molecular flexibility index (Phi) is 5.66. The maximum Gasteiger partial charge on any atom is 0.252 e. The number of hydrogen-bond donors (Lipinski definition) is 2. The second-order valence-corrected chi connectivity index (χ2v) is 7.70. The van der Waals surface area contributed by atoms with E-state index in [4.69, 9.17) is 0 Å². The fraction of sp³-hybridized carbons (Fsp3) is 0.500. The number of rotatable bonds is 4. The number of thioether (sulfide) groups is 1. The molecule has 1 fully saturated rings. The van der Waals surface area contributed by atoms with Crippen LogP contribution in [0.1, 0.15) is 36.5 Å². The van der Waals surface area contributed by atoms with Crippen LogP contribution >= 0.6 is 40.3 Å². The van der Waals surface area contributed by atoms with E-state index in [0.717, 1.165) is 23.1 Å². The van der Waals surface area contributed by atoms with Gasteiger partial charge in [0.05, 0.1) is 5.56 Å². The second kappa shape index (κ2) is 7.04. The highest BCUT2D eigenvalue weighted by Crippen LogP contribution is 2.30. The van der Waals surface area contributed by atoms with Crippen molar-refractivity contribution in [2.45, 2.75) is 42.4 Å². The molecule has 104 valence electrons. The number of carbonyl (C=O) groups excluding carboxylic acids is 1. The molecule has 1 amide bonds. The lowest BCUT2D eigenvalue weighted by Crippen LogP contribution is -2.33. The Bertz CT molecular complexity index is 467. The van der Waals surface area contributed by atoms with Crippen molar-refractivity contribution >= 4 is 46.2 Å². The summed E-state index contributed by atoms with van der Waals surface area (Å²) in [6.45, 7) is 2.19. The third-order valence-electron chi connectivity index (χ3n) is 3.33. The number of amides is 1. The summed E-state index contributed by atoms with van der Waals surface area (Å²) in [6.07, 6.45) is 3.38. The topological polar surface area (TPSA) is 29.1 Å². The minimum absolute atomic E-state index is 0.00958. The molecule has 0 aromatic heterocycles. The van der Waals surface area contributed by atoms with E-state index in [1.54, 1.807) is 0 Å². The molecule has 2 nitrogen and oxygen atoms in total. The van der Waals surface area contributed by atoms with E-state index < -0.39 is 0 Å². The molecule has 1 N–H and O–H groups in total. The van der Waals surface area contributed by atoms with Gasteiger partial charge in [0.15, 0.2) is 0 Å². The molecule has 1 aliphatic carbocycles. The Morgan fingerprint density at radius 1 is 1.53 bits per heavy atom. The van der Waals surface area contributed by atoms with Crippen molar-refractivity contribution in [1.82, 2.24) is 5.32 Å². The third-order valence-corrected chi connectivity index (χ3v) is 5.42. The Hall–Kier alpha value is -0.130. The minimum Gasteiger partial charge on any atom is -0.349 e. The Labute approximate surface area is 132 Å². The van der Waals surface area contributed by atoms with E-state index in [9.17, 15) is 4.79 Å². The Balaban J connectivity index is 1.94. The van der Waals surface area contributed by atoms with Gasteiger partial charge in [-0.25, -0.2) is 0 Å². The molecular weight excluding hydrogens is 342 g/mol. The summed E-state index contributed by atoms with van der Waals surface area (Å²) in [5.41, 5.74) is 0.651. The highest BCUT2D eigenvalue weighted by atomic mass is 79.9. The van der Waals surface area contributed by atoms with E-state index in [0.29, 0.717) is 21.8 Å². The summed E-state index contributed by atoms with van der Waals surface area (Å²) in [7, 11) is 0. The fourth-order valence-electron chi connectivity index (χ4n) is 2.42. The molecule has 19 heavy (non-hydrogen) atoms. The van der Waals surface area contributed by atoms with Crippen molar-refractivity contribution < 1.29 is 4.79 Å². The van der Waals surface area contributed by atoms with E-state index in [1.165, 1.54) is 6.42 Å². The third kappa shape index (κ3) is 4.17. The first-order valence-corrected chi connectivity index (χ1v) is 8.80. The lowest BCUT2D eigenvalue weighted by Gasteiger charge is -2.14. The minimum atomic E-state index is -0.00958. The van der Waals surface area contributed by atoms with Crippen molar-refractivity contribution in [1.29, 1.82) is 0 Å². The van der Waals surface area contributed by atoms with Crippen LogP contribution in [0.2, 0.25) is 0 Å². The zero-order valence-corrected chi connectivity index (χ0v) is 14.2. The molecule has 1 aromatic carbocycles. The van der Waals surface area contributed by atoms with Gasteiger partial charge < -0.3 is 5.32 Å². The fourth-order valence-corrected chi connectivity index (χ4v) is 4.41. The van der Waals surface area contributed by atoms with Gasteiger partial charge in [-0.2, -0.15) is 11.8 Å². The van der Waals surface area contributed by atoms with Crippen LogP contribution in [0.25, 0.3) is 0 Å². The predicted octanol–water partition coefficient (Wildman–Crippen LogP) is 4.14. The first-order valence-electron chi connectivity index (χ1n) is 6.51. The highest BCUT2D eigenvalue weighted by molar-refractivity contribution is 9.10. The summed E-state index contributed by atoms with van der Waals surface area (Å²) >= 11 is 9.73. The first-order chi connectivity index (χ1) is 9.10. The lowest BCUT2D eigenvalue weighted by molar-refractivity contribution is 0.0935. The summed E-state index contributed by atoms with van der Waals surface area (Å²) in [5.74, 6) is 1.14. The van der Waals surface area contributed by atoms with Crippen molar-refractivity contribution in [2.75, 3.05) is 5.75 Å². The van der Waals surface area contributed by atoms with Gasteiger partial charge in [-0.05, 0) is 43.2 Å². The van der Waals surface area contributed by atoms with Gasteiger partial charge >= 0.3 is 0 Å². The van der Waals surface area contributed by atoms with Crippen LogP contribution in [0, 0.1) is 0 Å². The van der Waals surface area contributed by atoms with Crippen molar-refractivity contribution in [2.24, 2.45) is 0 Å². The quantitative estimate of drug-likeness (QED) is 0.790. The van der Waals surface area contributed by atoms with Crippen LogP contribution in [0.15, 0.2) is 27.6 Å². The molecule has 5 heteroatoms. The van der Waals surface area contributed by atoms with Crippen LogP contribution < -0.4 is 5.32 Å². The SMILES string of the molecule is CCSC1CCC(NC(=O)c2ccc(Br)cc2S)C1. The average Bonchev–Trinajstić information content (AvgIpc) is 2.76. The van der Waals surface area contributed by atoms with Crippen molar-refractivity contribution in [3.63, 3.8) is 0 Å². The largest absolute Gasteiger partial charge is 0.349 e. The molecule has 1 aliphatic rings. The van der Waals surface area contributed by atoms with Gasteiger partial charge in [0.1, 0.15) is 0 Å². The van der Waals surface area contributed by atoms with Gasteiger partial charge in [0.2, 0.25) is 0 Å². The number of hydrogen-bond acceptors (Lipinski definition) is 3. The number of nitrogens with one attached hydrogen (secondary N) is 1.